The molecule has 0 aromatic heterocycles. The second kappa shape index (κ2) is 9.70. The van der Waals surface area contributed by atoms with Gasteiger partial charge >= 0.3 is 6.03 Å². The van der Waals surface area contributed by atoms with Gasteiger partial charge in [-0.05, 0) is 48.6 Å². The Morgan fingerprint density at radius 3 is 2.58 bits per heavy atom. The Labute approximate surface area is 155 Å². The minimum absolute atomic E-state index is 0.248. The second-order valence-electron chi connectivity index (χ2n) is 6.45. The number of amides is 2. The van der Waals surface area contributed by atoms with Crippen LogP contribution in [-0.2, 0) is 6.42 Å². The number of hydrogen-bond acceptors (Lipinski definition) is 3. The summed E-state index contributed by atoms with van der Waals surface area (Å²) in [5.74, 6) is 1.97. The molecule has 0 saturated carbocycles. The zero-order valence-electron chi connectivity index (χ0n) is 15.9. The van der Waals surface area contributed by atoms with Crippen molar-refractivity contribution in [2.24, 2.45) is 0 Å². The number of nitrogens with one attached hydrogen (secondary N) is 2. The first kappa shape index (κ1) is 19.6. The van der Waals surface area contributed by atoms with Gasteiger partial charge in [0.25, 0.3) is 0 Å². The molecule has 2 N–H and O–H groups in total. The maximum absolute atomic E-state index is 12.0. The number of urea groups is 1. The molecule has 0 fully saturated rings. The minimum Gasteiger partial charge on any atom is -0.497 e. The van der Waals surface area contributed by atoms with Crippen molar-refractivity contribution in [2.45, 2.75) is 39.3 Å². The van der Waals surface area contributed by atoms with Crippen molar-refractivity contribution in [2.75, 3.05) is 13.7 Å². The number of rotatable bonds is 8. The van der Waals surface area contributed by atoms with E-state index in [2.05, 4.69) is 24.5 Å². The van der Waals surface area contributed by atoms with Gasteiger partial charge in [-0.1, -0.05) is 44.2 Å². The van der Waals surface area contributed by atoms with Crippen molar-refractivity contribution >= 4 is 6.03 Å². The molecule has 2 aromatic rings. The van der Waals surface area contributed by atoms with Crippen molar-refractivity contribution in [3.63, 3.8) is 0 Å². The smallest absolute Gasteiger partial charge is 0.317 e. The number of para-hydroxylation sites is 1. The van der Waals surface area contributed by atoms with Gasteiger partial charge < -0.3 is 20.1 Å². The molecule has 1 atom stereocenters. The van der Waals surface area contributed by atoms with Crippen LogP contribution >= 0.6 is 0 Å². The molecule has 2 amide bonds. The van der Waals surface area contributed by atoms with Gasteiger partial charge in [-0.25, -0.2) is 4.79 Å². The van der Waals surface area contributed by atoms with Gasteiger partial charge in [0.15, 0.2) is 6.23 Å². The van der Waals surface area contributed by atoms with Crippen LogP contribution in [-0.4, -0.2) is 25.9 Å². The number of carbonyl (C=O) groups excluding carboxylic acids is 1. The van der Waals surface area contributed by atoms with Crippen LogP contribution in [0.25, 0.3) is 0 Å². The average molecular weight is 356 g/mol. The summed E-state index contributed by atoms with van der Waals surface area (Å²) in [6, 6.07) is 15.5. The third kappa shape index (κ3) is 5.99. The number of hydrogen-bond donors (Lipinski definition) is 2. The van der Waals surface area contributed by atoms with Gasteiger partial charge in [-0.3, -0.25) is 0 Å². The maximum Gasteiger partial charge on any atom is 0.317 e. The topological polar surface area (TPSA) is 59.6 Å². The van der Waals surface area contributed by atoms with E-state index in [0.717, 1.165) is 29.0 Å². The summed E-state index contributed by atoms with van der Waals surface area (Å²) in [5.41, 5.74) is 2.24. The first-order chi connectivity index (χ1) is 12.5. The lowest BCUT2D eigenvalue weighted by atomic mass is 10.0. The molecule has 5 heteroatoms. The Morgan fingerprint density at radius 2 is 1.85 bits per heavy atom. The molecule has 140 valence electrons. The Morgan fingerprint density at radius 1 is 1.08 bits per heavy atom. The largest absolute Gasteiger partial charge is 0.497 e. The predicted molar refractivity (Wildman–Crippen MR) is 104 cm³/mol. The van der Waals surface area contributed by atoms with Crippen molar-refractivity contribution < 1.29 is 14.3 Å². The van der Waals surface area contributed by atoms with Crippen molar-refractivity contribution in [1.82, 2.24) is 10.6 Å². The predicted octanol–water partition coefficient (Wildman–Crippen LogP) is 4.09. The number of methoxy groups -OCH3 is 1. The third-order valence-electron chi connectivity index (χ3n) is 4.01. The monoisotopic (exact) mass is 356 g/mol. The molecular weight excluding hydrogens is 328 g/mol. The van der Waals surface area contributed by atoms with Gasteiger partial charge in [0.1, 0.15) is 11.5 Å². The van der Waals surface area contributed by atoms with Crippen LogP contribution in [0.2, 0.25) is 0 Å². The van der Waals surface area contributed by atoms with Crippen LogP contribution in [0.4, 0.5) is 4.79 Å². The van der Waals surface area contributed by atoms with Gasteiger partial charge in [-0.2, -0.15) is 0 Å². The molecule has 1 unspecified atom stereocenters. The molecular formula is C21H28N2O3. The SMILES string of the molecule is COc1cccc(CCNC(=O)NC(C)Oc2ccccc2C(C)C)c1. The summed E-state index contributed by atoms with van der Waals surface area (Å²) >= 11 is 0. The summed E-state index contributed by atoms with van der Waals surface area (Å²) in [5, 5.41) is 5.66. The third-order valence-corrected chi connectivity index (χ3v) is 4.01. The van der Waals surface area contributed by atoms with Crippen LogP contribution < -0.4 is 20.1 Å². The fourth-order valence-corrected chi connectivity index (χ4v) is 2.67. The van der Waals surface area contributed by atoms with Crippen LogP contribution in [0.15, 0.2) is 48.5 Å². The summed E-state index contributed by atoms with van der Waals surface area (Å²) in [6.07, 6.45) is 0.308. The molecule has 0 saturated heterocycles. The van der Waals surface area contributed by atoms with Gasteiger partial charge in [-0.15, -0.1) is 0 Å². The van der Waals surface area contributed by atoms with Crippen molar-refractivity contribution in [1.29, 1.82) is 0 Å². The molecule has 0 aliphatic rings. The Kier molecular flexibility index (Phi) is 7.33. The van der Waals surface area contributed by atoms with Crippen LogP contribution in [0.1, 0.15) is 37.8 Å². The van der Waals surface area contributed by atoms with Crippen LogP contribution in [0.5, 0.6) is 11.5 Å². The van der Waals surface area contributed by atoms with Gasteiger partial charge in [0, 0.05) is 6.54 Å². The number of benzene rings is 2. The quantitative estimate of drug-likeness (QED) is 0.701. The fourth-order valence-electron chi connectivity index (χ4n) is 2.67. The van der Waals surface area contributed by atoms with E-state index in [-0.39, 0.29) is 6.03 Å². The normalized spacial score (nSPS) is 11.7. The van der Waals surface area contributed by atoms with E-state index in [0.29, 0.717) is 12.5 Å². The average Bonchev–Trinajstić information content (AvgIpc) is 2.62. The highest BCUT2D eigenvalue weighted by molar-refractivity contribution is 5.74. The van der Waals surface area contributed by atoms with E-state index in [1.165, 1.54) is 0 Å². The Bertz CT molecular complexity index is 716. The van der Waals surface area contributed by atoms with E-state index in [4.69, 9.17) is 9.47 Å². The van der Waals surface area contributed by atoms with E-state index in [1.54, 1.807) is 7.11 Å². The maximum atomic E-state index is 12.0. The van der Waals surface area contributed by atoms with E-state index in [9.17, 15) is 4.79 Å². The summed E-state index contributed by atoms with van der Waals surface area (Å²) in [7, 11) is 1.64. The molecule has 2 aromatic carbocycles. The number of carbonyl (C=O) groups is 1. The molecule has 0 radical (unpaired) electrons. The van der Waals surface area contributed by atoms with Crippen molar-refractivity contribution in [3.05, 3.63) is 59.7 Å². The minimum atomic E-state index is -0.424. The molecule has 26 heavy (non-hydrogen) atoms. The molecule has 2 rings (SSSR count). The highest BCUT2D eigenvalue weighted by Crippen LogP contribution is 2.26. The van der Waals surface area contributed by atoms with Crippen molar-refractivity contribution in [3.8, 4) is 11.5 Å². The fraction of sp³-hybridized carbons (Fsp3) is 0.381. The molecule has 0 bridgehead atoms. The summed E-state index contributed by atoms with van der Waals surface area (Å²) in [4.78, 5) is 12.0. The lowest BCUT2D eigenvalue weighted by Gasteiger charge is -2.20. The lowest BCUT2D eigenvalue weighted by molar-refractivity contribution is 0.175. The Balaban J connectivity index is 1.78. The number of ether oxygens (including phenoxy) is 2. The lowest BCUT2D eigenvalue weighted by Crippen LogP contribution is -2.44. The zero-order chi connectivity index (χ0) is 18.9. The standard InChI is InChI=1S/C21H28N2O3/c1-15(2)19-10-5-6-11-20(19)26-16(3)23-21(24)22-13-12-17-8-7-9-18(14-17)25-4/h5-11,14-16H,12-13H2,1-4H3,(H2,22,23,24). The van der Waals surface area contributed by atoms with E-state index >= 15 is 0 Å². The van der Waals surface area contributed by atoms with E-state index < -0.39 is 6.23 Å². The highest BCUT2D eigenvalue weighted by atomic mass is 16.5. The highest BCUT2D eigenvalue weighted by Gasteiger charge is 2.12. The summed E-state index contributed by atoms with van der Waals surface area (Å²) < 4.78 is 11.1. The summed E-state index contributed by atoms with van der Waals surface area (Å²) in [6.45, 7) is 6.59. The van der Waals surface area contributed by atoms with Gasteiger partial charge in [0.2, 0.25) is 0 Å². The van der Waals surface area contributed by atoms with E-state index in [1.807, 2.05) is 55.5 Å². The first-order valence-corrected chi connectivity index (χ1v) is 8.92. The molecule has 0 aliphatic carbocycles. The first-order valence-electron chi connectivity index (χ1n) is 8.92. The molecule has 0 spiro atoms. The Hall–Kier alpha value is -2.69. The van der Waals surface area contributed by atoms with Crippen LogP contribution in [0.3, 0.4) is 0 Å². The molecule has 0 aliphatic heterocycles. The van der Waals surface area contributed by atoms with Crippen LogP contribution in [0, 0.1) is 0 Å². The molecule has 0 heterocycles. The second-order valence-corrected chi connectivity index (χ2v) is 6.45. The molecule has 5 nitrogen and oxygen atoms in total. The zero-order valence-corrected chi connectivity index (χ0v) is 15.9. The van der Waals surface area contributed by atoms with Gasteiger partial charge in [0.05, 0.1) is 7.11 Å².